The van der Waals surface area contributed by atoms with Crippen LogP contribution in [0.15, 0.2) is 0 Å². The Hall–Kier alpha value is -0.510. The van der Waals surface area contributed by atoms with Crippen molar-refractivity contribution in [3.63, 3.8) is 0 Å². The van der Waals surface area contributed by atoms with Gasteiger partial charge >= 0.3 is 0 Å². The molecule has 82 valence electrons. The van der Waals surface area contributed by atoms with Gasteiger partial charge < -0.3 is 0 Å². The van der Waals surface area contributed by atoms with Crippen LogP contribution in [-0.2, 0) is 0 Å². The molecule has 0 saturated heterocycles. The van der Waals surface area contributed by atoms with Gasteiger partial charge in [-0.3, -0.25) is 0 Å². The highest BCUT2D eigenvalue weighted by Crippen LogP contribution is 2.67. The van der Waals surface area contributed by atoms with Crippen molar-refractivity contribution in [3.8, 4) is 6.07 Å². The smallest absolute Gasteiger partial charge is 0.0692 e. The van der Waals surface area contributed by atoms with E-state index < -0.39 is 0 Å². The van der Waals surface area contributed by atoms with Crippen LogP contribution in [-0.4, -0.2) is 0 Å². The van der Waals surface area contributed by atoms with Crippen LogP contribution in [0.4, 0.5) is 0 Å². The third-order valence-electron chi connectivity index (χ3n) is 6.04. The second-order valence-corrected chi connectivity index (χ2v) is 6.67. The van der Waals surface area contributed by atoms with Crippen LogP contribution in [0.5, 0.6) is 0 Å². The summed E-state index contributed by atoms with van der Waals surface area (Å²) in [4.78, 5) is 0. The molecular weight excluding hydrogens is 182 g/mol. The minimum absolute atomic E-state index is 0.104. The van der Waals surface area contributed by atoms with Crippen LogP contribution in [0.2, 0.25) is 0 Å². The normalized spacial score (nSPS) is 44.7. The molecule has 2 bridgehead atoms. The molecule has 0 heterocycles. The Morgan fingerprint density at radius 2 is 1.87 bits per heavy atom. The third kappa shape index (κ3) is 1.03. The van der Waals surface area contributed by atoms with Gasteiger partial charge in [-0.15, -0.1) is 0 Å². The van der Waals surface area contributed by atoms with Crippen molar-refractivity contribution in [1.29, 1.82) is 5.26 Å². The van der Waals surface area contributed by atoms with E-state index in [1.165, 1.54) is 38.5 Å². The summed E-state index contributed by atoms with van der Waals surface area (Å²) in [5, 5.41) is 9.44. The second kappa shape index (κ2) is 2.78. The zero-order valence-electron chi connectivity index (χ0n) is 9.92. The lowest BCUT2D eigenvalue weighted by Gasteiger charge is -2.64. The second-order valence-electron chi connectivity index (χ2n) is 6.67. The van der Waals surface area contributed by atoms with Crippen molar-refractivity contribution in [2.45, 2.75) is 52.4 Å². The lowest BCUT2D eigenvalue weighted by atomic mass is 9.40. The predicted molar refractivity (Wildman–Crippen MR) is 60.0 cm³/mol. The van der Waals surface area contributed by atoms with Crippen LogP contribution in [0.25, 0.3) is 0 Å². The molecule has 0 aromatic rings. The summed E-state index contributed by atoms with van der Waals surface area (Å²) in [5.41, 5.74) is 0.648. The molecule has 3 atom stereocenters. The Morgan fingerprint density at radius 1 is 1.13 bits per heavy atom. The molecule has 4 aliphatic carbocycles. The molecule has 4 fully saturated rings. The van der Waals surface area contributed by atoms with Crippen LogP contribution in [0, 0.1) is 39.9 Å². The number of hydrogen-bond donors (Lipinski definition) is 0. The van der Waals surface area contributed by atoms with Crippen molar-refractivity contribution in [2.24, 2.45) is 28.6 Å². The molecule has 0 spiro atoms. The van der Waals surface area contributed by atoms with E-state index in [-0.39, 0.29) is 5.41 Å². The van der Waals surface area contributed by atoms with Crippen molar-refractivity contribution in [1.82, 2.24) is 0 Å². The highest BCUT2D eigenvalue weighted by atomic mass is 14.6. The predicted octanol–water partition coefficient (Wildman–Crippen LogP) is 3.75. The molecule has 4 saturated carbocycles. The standard InChI is InChI=1S/C14H21N/c1-13(2)10-4-5-11(12(13)8-10)14(9-15)6-3-7-14/h10-12H,3-8H2,1-2H3. The molecule has 1 nitrogen and oxygen atoms in total. The van der Waals surface area contributed by atoms with Crippen molar-refractivity contribution < 1.29 is 0 Å². The molecular formula is C14H21N. The van der Waals surface area contributed by atoms with Gasteiger partial charge in [0.15, 0.2) is 0 Å². The molecule has 0 aromatic carbocycles. The molecule has 0 aliphatic heterocycles. The highest BCUT2D eigenvalue weighted by Gasteiger charge is 2.60. The fourth-order valence-electron chi connectivity index (χ4n) is 4.60. The SMILES string of the molecule is CC1(C)C2CCC(C3(C#N)CCC3)C1C2. The molecule has 0 amide bonds. The first-order valence-electron chi connectivity index (χ1n) is 6.51. The number of rotatable bonds is 1. The Bertz CT molecular complexity index is 317. The summed E-state index contributed by atoms with van der Waals surface area (Å²) in [6.07, 6.45) is 7.81. The van der Waals surface area contributed by atoms with Crippen LogP contribution in [0.1, 0.15) is 52.4 Å². The zero-order chi connectivity index (χ0) is 10.7. The number of fused-ring (bicyclic) bond motifs is 2. The average molecular weight is 203 g/mol. The summed E-state index contributed by atoms with van der Waals surface area (Å²) >= 11 is 0. The topological polar surface area (TPSA) is 23.8 Å². The van der Waals surface area contributed by atoms with Gasteiger partial charge in [0, 0.05) is 0 Å². The Labute approximate surface area is 92.9 Å². The lowest BCUT2D eigenvalue weighted by Crippen LogP contribution is -2.57. The minimum atomic E-state index is 0.104. The van der Waals surface area contributed by atoms with E-state index in [1.807, 2.05) is 0 Å². The first kappa shape index (κ1) is 9.70. The van der Waals surface area contributed by atoms with E-state index in [2.05, 4.69) is 19.9 Å². The fraction of sp³-hybridized carbons (Fsp3) is 0.929. The Kier molecular flexibility index (Phi) is 1.80. The average Bonchev–Trinajstić information content (AvgIpc) is 2.17. The van der Waals surface area contributed by atoms with E-state index in [1.54, 1.807) is 0 Å². The van der Waals surface area contributed by atoms with Gasteiger partial charge in [-0.2, -0.15) is 5.26 Å². The van der Waals surface area contributed by atoms with Gasteiger partial charge in [0.05, 0.1) is 11.5 Å². The minimum Gasteiger partial charge on any atom is -0.198 e. The number of nitrogens with zero attached hydrogens (tertiary/aromatic N) is 1. The van der Waals surface area contributed by atoms with E-state index in [0.717, 1.165) is 17.8 Å². The molecule has 3 unspecified atom stereocenters. The monoisotopic (exact) mass is 203 g/mol. The van der Waals surface area contributed by atoms with Gasteiger partial charge in [0.1, 0.15) is 0 Å². The first-order valence-corrected chi connectivity index (χ1v) is 6.51. The Balaban J connectivity index is 1.86. The molecule has 4 aliphatic rings. The molecule has 1 heteroatoms. The molecule has 0 N–H and O–H groups in total. The fourth-order valence-corrected chi connectivity index (χ4v) is 4.60. The van der Waals surface area contributed by atoms with E-state index in [9.17, 15) is 5.26 Å². The summed E-state index contributed by atoms with van der Waals surface area (Å²) in [7, 11) is 0. The van der Waals surface area contributed by atoms with Gasteiger partial charge in [0.25, 0.3) is 0 Å². The summed E-state index contributed by atoms with van der Waals surface area (Å²) in [6, 6.07) is 2.68. The maximum Gasteiger partial charge on any atom is 0.0692 e. The van der Waals surface area contributed by atoms with Crippen molar-refractivity contribution in [2.75, 3.05) is 0 Å². The van der Waals surface area contributed by atoms with Gasteiger partial charge in [-0.1, -0.05) is 20.3 Å². The summed E-state index contributed by atoms with van der Waals surface area (Å²) in [5.74, 6) is 2.56. The van der Waals surface area contributed by atoms with Gasteiger partial charge in [-0.05, 0) is 55.3 Å². The van der Waals surface area contributed by atoms with Gasteiger partial charge in [-0.25, -0.2) is 0 Å². The van der Waals surface area contributed by atoms with Crippen molar-refractivity contribution >= 4 is 0 Å². The van der Waals surface area contributed by atoms with Crippen LogP contribution in [0.3, 0.4) is 0 Å². The van der Waals surface area contributed by atoms with Crippen LogP contribution >= 0.6 is 0 Å². The maximum atomic E-state index is 9.44. The number of nitriles is 1. The van der Waals surface area contributed by atoms with Crippen molar-refractivity contribution in [3.05, 3.63) is 0 Å². The Morgan fingerprint density at radius 3 is 2.27 bits per heavy atom. The van der Waals surface area contributed by atoms with E-state index >= 15 is 0 Å². The molecule has 0 radical (unpaired) electrons. The lowest BCUT2D eigenvalue weighted by molar-refractivity contribution is -0.146. The molecule has 15 heavy (non-hydrogen) atoms. The van der Waals surface area contributed by atoms with Crippen LogP contribution < -0.4 is 0 Å². The molecule has 4 rings (SSSR count). The maximum absolute atomic E-state index is 9.44. The van der Waals surface area contributed by atoms with E-state index in [0.29, 0.717) is 5.41 Å². The quantitative estimate of drug-likeness (QED) is 0.636. The van der Waals surface area contributed by atoms with E-state index in [4.69, 9.17) is 0 Å². The zero-order valence-corrected chi connectivity index (χ0v) is 9.92. The van der Waals surface area contributed by atoms with Gasteiger partial charge in [0.2, 0.25) is 0 Å². The number of hydrogen-bond acceptors (Lipinski definition) is 1. The third-order valence-corrected chi connectivity index (χ3v) is 6.04. The summed E-state index contributed by atoms with van der Waals surface area (Å²) in [6.45, 7) is 4.86. The largest absolute Gasteiger partial charge is 0.198 e. The summed E-state index contributed by atoms with van der Waals surface area (Å²) < 4.78 is 0. The molecule has 0 aromatic heterocycles. The highest BCUT2D eigenvalue weighted by molar-refractivity contribution is 5.15. The first-order chi connectivity index (χ1) is 7.10.